The highest BCUT2D eigenvalue weighted by Crippen LogP contribution is 2.06. The van der Waals surface area contributed by atoms with Crippen LogP contribution in [0.4, 0.5) is 0 Å². The maximum absolute atomic E-state index is 11.7. The van der Waals surface area contributed by atoms with E-state index in [-0.39, 0.29) is 5.75 Å². The maximum atomic E-state index is 11.7. The zero-order valence-electron chi connectivity index (χ0n) is 10.8. The molecule has 0 bridgehead atoms. The van der Waals surface area contributed by atoms with Crippen molar-refractivity contribution >= 4 is 21.4 Å². The molecular weight excluding hydrogens is 268 g/mol. The largest absolute Gasteiger partial charge is 0.317 e. The van der Waals surface area contributed by atoms with Gasteiger partial charge in [-0.05, 0) is 54.7 Å². The van der Waals surface area contributed by atoms with Gasteiger partial charge >= 0.3 is 0 Å². The van der Waals surface area contributed by atoms with E-state index in [4.69, 9.17) is 0 Å². The minimum atomic E-state index is -3.10. The Balaban J connectivity index is 2.11. The van der Waals surface area contributed by atoms with Gasteiger partial charge in [0.1, 0.15) is 0 Å². The van der Waals surface area contributed by atoms with Crippen LogP contribution in [-0.2, 0) is 16.4 Å². The van der Waals surface area contributed by atoms with Gasteiger partial charge in [-0.25, -0.2) is 13.1 Å². The van der Waals surface area contributed by atoms with Crippen molar-refractivity contribution in [2.24, 2.45) is 0 Å². The van der Waals surface area contributed by atoms with Crippen molar-refractivity contribution in [1.82, 2.24) is 10.0 Å². The first-order valence-electron chi connectivity index (χ1n) is 6.33. The van der Waals surface area contributed by atoms with Crippen LogP contribution >= 0.6 is 11.3 Å². The SMILES string of the molecule is CCNCCCCS(=O)(=O)NCCc1ccsc1. The third kappa shape index (κ3) is 7.10. The zero-order chi connectivity index (χ0) is 13.3. The van der Waals surface area contributed by atoms with Crippen LogP contribution in [0.3, 0.4) is 0 Å². The Morgan fingerprint density at radius 2 is 2.11 bits per heavy atom. The van der Waals surface area contributed by atoms with E-state index in [1.807, 2.05) is 23.8 Å². The van der Waals surface area contributed by atoms with Gasteiger partial charge in [-0.2, -0.15) is 11.3 Å². The van der Waals surface area contributed by atoms with Gasteiger partial charge in [0.25, 0.3) is 0 Å². The molecule has 1 heterocycles. The van der Waals surface area contributed by atoms with Crippen LogP contribution in [0.2, 0.25) is 0 Å². The summed E-state index contributed by atoms with van der Waals surface area (Å²) in [5.41, 5.74) is 1.19. The lowest BCUT2D eigenvalue weighted by atomic mass is 10.2. The van der Waals surface area contributed by atoms with Gasteiger partial charge in [0.2, 0.25) is 10.0 Å². The lowest BCUT2D eigenvalue weighted by Crippen LogP contribution is -2.28. The minimum absolute atomic E-state index is 0.224. The predicted molar refractivity (Wildman–Crippen MR) is 77.6 cm³/mol. The topological polar surface area (TPSA) is 58.2 Å². The Morgan fingerprint density at radius 3 is 2.78 bits per heavy atom. The fourth-order valence-electron chi connectivity index (χ4n) is 1.58. The van der Waals surface area contributed by atoms with Gasteiger partial charge in [0.15, 0.2) is 0 Å². The summed E-state index contributed by atoms with van der Waals surface area (Å²) in [5, 5.41) is 7.23. The molecular formula is C12H22N2O2S2. The summed E-state index contributed by atoms with van der Waals surface area (Å²) in [6, 6.07) is 2.02. The lowest BCUT2D eigenvalue weighted by molar-refractivity contribution is 0.574. The number of hydrogen-bond donors (Lipinski definition) is 2. The van der Waals surface area contributed by atoms with Crippen LogP contribution in [0.1, 0.15) is 25.3 Å². The van der Waals surface area contributed by atoms with Crippen LogP contribution in [0.15, 0.2) is 16.8 Å². The second kappa shape index (κ2) is 8.63. The molecule has 0 spiro atoms. The van der Waals surface area contributed by atoms with Gasteiger partial charge in [-0.1, -0.05) is 6.92 Å². The first-order chi connectivity index (χ1) is 8.64. The number of rotatable bonds is 10. The molecule has 18 heavy (non-hydrogen) atoms. The Labute approximate surface area is 114 Å². The summed E-state index contributed by atoms with van der Waals surface area (Å²) >= 11 is 1.63. The second-order valence-electron chi connectivity index (χ2n) is 4.16. The van der Waals surface area contributed by atoms with Gasteiger partial charge in [-0.3, -0.25) is 0 Å². The molecule has 0 saturated heterocycles. The molecule has 104 valence electrons. The third-order valence-corrected chi connectivity index (χ3v) is 4.78. The summed E-state index contributed by atoms with van der Waals surface area (Å²) in [4.78, 5) is 0. The van der Waals surface area contributed by atoms with E-state index in [1.165, 1.54) is 5.56 Å². The highest BCUT2D eigenvalue weighted by Gasteiger charge is 2.08. The van der Waals surface area contributed by atoms with Crippen LogP contribution in [0.25, 0.3) is 0 Å². The van der Waals surface area contributed by atoms with Crippen molar-refractivity contribution in [3.8, 4) is 0 Å². The zero-order valence-corrected chi connectivity index (χ0v) is 12.4. The van der Waals surface area contributed by atoms with Crippen molar-refractivity contribution in [3.63, 3.8) is 0 Å². The van der Waals surface area contributed by atoms with Crippen molar-refractivity contribution < 1.29 is 8.42 Å². The monoisotopic (exact) mass is 290 g/mol. The van der Waals surface area contributed by atoms with Crippen molar-refractivity contribution in [2.45, 2.75) is 26.2 Å². The molecule has 0 aliphatic carbocycles. The van der Waals surface area contributed by atoms with Gasteiger partial charge < -0.3 is 5.32 Å². The quantitative estimate of drug-likeness (QED) is 0.644. The summed E-state index contributed by atoms with van der Waals surface area (Å²) in [6.45, 7) is 4.36. The van der Waals surface area contributed by atoms with E-state index < -0.39 is 10.0 Å². The summed E-state index contributed by atoms with van der Waals surface area (Å²) in [7, 11) is -3.10. The smallest absolute Gasteiger partial charge is 0.211 e. The average Bonchev–Trinajstić information content (AvgIpc) is 2.81. The molecule has 0 radical (unpaired) electrons. The fourth-order valence-corrected chi connectivity index (χ4v) is 3.42. The van der Waals surface area contributed by atoms with E-state index in [2.05, 4.69) is 10.0 Å². The number of sulfonamides is 1. The summed E-state index contributed by atoms with van der Waals surface area (Å²) < 4.78 is 26.0. The Bertz CT molecular complexity index is 402. The minimum Gasteiger partial charge on any atom is -0.317 e. The predicted octanol–water partition coefficient (Wildman–Crippen LogP) is 1.60. The van der Waals surface area contributed by atoms with E-state index in [0.29, 0.717) is 13.0 Å². The Morgan fingerprint density at radius 1 is 1.28 bits per heavy atom. The Hall–Kier alpha value is -0.430. The molecule has 0 aliphatic heterocycles. The maximum Gasteiger partial charge on any atom is 0.211 e. The molecule has 6 heteroatoms. The van der Waals surface area contributed by atoms with E-state index in [0.717, 1.165) is 25.9 Å². The normalized spacial score (nSPS) is 11.8. The van der Waals surface area contributed by atoms with Crippen molar-refractivity contribution in [3.05, 3.63) is 22.4 Å². The molecule has 0 saturated carbocycles. The van der Waals surface area contributed by atoms with Crippen LogP contribution < -0.4 is 10.0 Å². The molecule has 0 unspecified atom stereocenters. The Kier molecular flexibility index (Phi) is 7.50. The van der Waals surface area contributed by atoms with Crippen molar-refractivity contribution in [2.75, 3.05) is 25.4 Å². The molecule has 1 aromatic rings. The van der Waals surface area contributed by atoms with Crippen LogP contribution in [0, 0.1) is 0 Å². The molecule has 0 amide bonds. The average molecular weight is 290 g/mol. The second-order valence-corrected chi connectivity index (χ2v) is 6.86. The molecule has 4 nitrogen and oxygen atoms in total. The van der Waals surface area contributed by atoms with Crippen molar-refractivity contribution in [1.29, 1.82) is 0 Å². The number of unbranched alkanes of at least 4 members (excludes halogenated alkanes) is 1. The standard InChI is InChI=1S/C12H22N2O2S2/c1-2-13-7-3-4-10-18(15,16)14-8-5-12-6-9-17-11-12/h6,9,11,13-14H,2-5,7-8,10H2,1H3. The van der Waals surface area contributed by atoms with E-state index in [1.54, 1.807) is 11.3 Å². The van der Waals surface area contributed by atoms with Crippen LogP contribution in [-0.4, -0.2) is 33.8 Å². The number of hydrogen-bond acceptors (Lipinski definition) is 4. The third-order valence-electron chi connectivity index (χ3n) is 2.58. The lowest BCUT2D eigenvalue weighted by Gasteiger charge is -2.06. The summed E-state index contributed by atoms with van der Waals surface area (Å²) in [5.74, 6) is 0.224. The molecule has 2 N–H and O–H groups in total. The first-order valence-corrected chi connectivity index (χ1v) is 8.92. The summed E-state index contributed by atoms with van der Waals surface area (Å²) in [6.07, 6.45) is 2.38. The van der Waals surface area contributed by atoms with E-state index >= 15 is 0 Å². The first kappa shape index (κ1) is 15.6. The van der Waals surface area contributed by atoms with Crippen LogP contribution in [0.5, 0.6) is 0 Å². The molecule has 0 atom stereocenters. The van der Waals surface area contributed by atoms with Gasteiger partial charge in [0, 0.05) is 6.54 Å². The highest BCUT2D eigenvalue weighted by molar-refractivity contribution is 7.89. The molecule has 0 fully saturated rings. The molecule has 0 aromatic carbocycles. The van der Waals surface area contributed by atoms with Gasteiger partial charge in [0.05, 0.1) is 5.75 Å². The fraction of sp³-hybridized carbons (Fsp3) is 0.667. The number of thiophene rings is 1. The molecule has 0 aliphatic rings. The molecule has 1 aromatic heterocycles. The van der Waals surface area contributed by atoms with E-state index in [9.17, 15) is 8.42 Å². The van der Waals surface area contributed by atoms with Gasteiger partial charge in [-0.15, -0.1) is 0 Å². The highest BCUT2D eigenvalue weighted by atomic mass is 32.2. The molecule has 1 rings (SSSR count). The number of nitrogens with one attached hydrogen (secondary N) is 2.